The molecule has 128 valence electrons. The summed E-state index contributed by atoms with van der Waals surface area (Å²) in [5.41, 5.74) is 0.761. The standard InChI is InChI=1S/C17H23N5O2/c1-24-10-9-21-7-4-8-22-16(13-21)20-14(11-17(22)23)12-19-15-5-2-3-6-18-15/h2-3,5-6,11H,4,7-10,12-13H2,1H3,(H,18,19). The van der Waals surface area contributed by atoms with E-state index in [2.05, 4.69) is 15.2 Å². The summed E-state index contributed by atoms with van der Waals surface area (Å²) in [4.78, 5) is 23.6. The molecular weight excluding hydrogens is 306 g/mol. The summed E-state index contributed by atoms with van der Waals surface area (Å²) in [6.45, 7) is 4.37. The molecule has 3 heterocycles. The molecule has 24 heavy (non-hydrogen) atoms. The van der Waals surface area contributed by atoms with Crippen molar-refractivity contribution in [2.24, 2.45) is 0 Å². The van der Waals surface area contributed by atoms with Crippen LogP contribution in [-0.4, -0.2) is 46.2 Å². The highest BCUT2D eigenvalue weighted by Crippen LogP contribution is 2.10. The number of anilines is 1. The van der Waals surface area contributed by atoms with Gasteiger partial charge in [0.1, 0.15) is 11.6 Å². The van der Waals surface area contributed by atoms with Gasteiger partial charge in [0.25, 0.3) is 5.56 Å². The van der Waals surface area contributed by atoms with Crippen LogP contribution in [0.5, 0.6) is 0 Å². The van der Waals surface area contributed by atoms with Gasteiger partial charge in [-0.05, 0) is 18.6 Å². The van der Waals surface area contributed by atoms with E-state index in [1.165, 1.54) is 0 Å². The SMILES string of the molecule is COCCN1CCCn2c(nc(CNc3ccccn3)cc2=O)C1. The van der Waals surface area contributed by atoms with Crippen LogP contribution >= 0.6 is 0 Å². The number of pyridine rings is 1. The third-order valence-electron chi connectivity index (χ3n) is 4.09. The zero-order valence-electron chi connectivity index (χ0n) is 13.9. The third-order valence-corrected chi connectivity index (χ3v) is 4.09. The third kappa shape index (κ3) is 4.18. The van der Waals surface area contributed by atoms with E-state index in [0.717, 1.165) is 43.4 Å². The second-order valence-electron chi connectivity index (χ2n) is 5.84. The maximum absolute atomic E-state index is 12.4. The molecule has 0 radical (unpaired) electrons. The smallest absolute Gasteiger partial charge is 0.253 e. The summed E-state index contributed by atoms with van der Waals surface area (Å²) in [7, 11) is 1.70. The molecule has 0 unspecified atom stereocenters. The van der Waals surface area contributed by atoms with E-state index < -0.39 is 0 Å². The number of nitrogens with one attached hydrogen (secondary N) is 1. The van der Waals surface area contributed by atoms with E-state index >= 15 is 0 Å². The molecule has 1 N–H and O–H groups in total. The summed E-state index contributed by atoms with van der Waals surface area (Å²) >= 11 is 0. The minimum atomic E-state index is 0.0198. The Balaban J connectivity index is 1.75. The maximum Gasteiger partial charge on any atom is 0.253 e. The molecule has 1 aliphatic heterocycles. The van der Waals surface area contributed by atoms with Crippen LogP contribution < -0.4 is 10.9 Å². The van der Waals surface area contributed by atoms with Crippen molar-refractivity contribution >= 4 is 5.82 Å². The first-order valence-corrected chi connectivity index (χ1v) is 8.22. The first-order chi connectivity index (χ1) is 11.8. The molecule has 1 aliphatic rings. The van der Waals surface area contributed by atoms with Crippen molar-refractivity contribution < 1.29 is 4.74 Å². The molecule has 0 atom stereocenters. The van der Waals surface area contributed by atoms with Crippen LogP contribution in [0.3, 0.4) is 0 Å². The van der Waals surface area contributed by atoms with Crippen LogP contribution in [0, 0.1) is 0 Å². The van der Waals surface area contributed by atoms with E-state index in [-0.39, 0.29) is 5.56 Å². The Labute approximate surface area is 141 Å². The van der Waals surface area contributed by atoms with Gasteiger partial charge in [0.2, 0.25) is 0 Å². The second-order valence-corrected chi connectivity index (χ2v) is 5.84. The van der Waals surface area contributed by atoms with Crippen LogP contribution in [0.4, 0.5) is 5.82 Å². The van der Waals surface area contributed by atoms with Gasteiger partial charge in [-0.1, -0.05) is 6.07 Å². The lowest BCUT2D eigenvalue weighted by Crippen LogP contribution is -2.29. The van der Waals surface area contributed by atoms with Gasteiger partial charge in [-0.25, -0.2) is 9.97 Å². The van der Waals surface area contributed by atoms with Gasteiger partial charge in [-0.3, -0.25) is 14.3 Å². The summed E-state index contributed by atoms with van der Waals surface area (Å²) in [5.74, 6) is 1.60. The van der Waals surface area contributed by atoms with E-state index in [4.69, 9.17) is 9.72 Å². The summed E-state index contributed by atoms with van der Waals surface area (Å²) in [6.07, 6.45) is 2.68. The number of rotatable bonds is 6. The van der Waals surface area contributed by atoms with Gasteiger partial charge in [-0.15, -0.1) is 0 Å². The predicted molar refractivity (Wildman–Crippen MR) is 91.8 cm³/mol. The van der Waals surface area contributed by atoms with Crippen molar-refractivity contribution in [3.8, 4) is 0 Å². The Bertz CT molecular complexity index is 717. The number of ether oxygens (including phenoxy) is 1. The highest BCUT2D eigenvalue weighted by molar-refractivity contribution is 5.33. The molecule has 7 heteroatoms. The number of nitrogens with zero attached hydrogens (tertiary/aromatic N) is 4. The van der Waals surface area contributed by atoms with Crippen molar-refractivity contribution in [2.75, 3.05) is 32.1 Å². The summed E-state index contributed by atoms with van der Waals surface area (Å²) in [6, 6.07) is 7.29. The van der Waals surface area contributed by atoms with E-state index in [1.54, 1.807) is 23.9 Å². The van der Waals surface area contributed by atoms with Gasteiger partial charge >= 0.3 is 0 Å². The van der Waals surface area contributed by atoms with Crippen LogP contribution in [0.25, 0.3) is 0 Å². The zero-order chi connectivity index (χ0) is 16.8. The number of fused-ring (bicyclic) bond motifs is 1. The van der Waals surface area contributed by atoms with Crippen molar-refractivity contribution in [2.45, 2.75) is 26.1 Å². The maximum atomic E-state index is 12.4. The van der Waals surface area contributed by atoms with Gasteiger partial charge in [0.15, 0.2) is 0 Å². The normalized spacial score (nSPS) is 14.9. The van der Waals surface area contributed by atoms with Crippen LogP contribution in [0.1, 0.15) is 17.9 Å². The Morgan fingerprint density at radius 1 is 1.33 bits per heavy atom. The molecule has 3 rings (SSSR count). The van der Waals surface area contributed by atoms with Crippen LogP contribution in [-0.2, 0) is 24.4 Å². The molecule has 0 saturated heterocycles. The monoisotopic (exact) mass is 329 g/mol. The number of aromatic nitrogens is 3. The predicted octanol–water partition coefficient (Wildman–Crippen LogP) is 1.10. The lowest BCUT2D eigenvalue weighted by atomic mass is 10.3. The van der Waals surface area contributed by atoms with Crippen LogP contribution in [0.2, 0.25) is 0 Å². The number of hydrogen-bond donors (Lipinski definition) is 1. The molecule has 0 aromatic carbocycles. The number of methoxy groups -OCH3 is 1. The Morgan fingerprint density at radius 3 is 3.04 bits per heavy atom. The molecule has 0 bridgehead atoms. The lowest BCUT2D eigenvalue weighted by Gasteiger charge is -2.19. The van der Waals surface area contributed by atoms with Crippen molar-refractivity contribution in [3.05, 3.63) is 52.3 Å². The van der Waals surface area contributed by atoms with Crippen LogP contribution in [0.15, 0.2) is 35.3 Å². The Hall–Kier alpha value is -2.25. The fraction of sp³-hybridized carbons (Fsp3) is 0.471. The first-order valence-electron chi connectivity index (χ1n) is 8.22. The quantitative estimate of drug-likeness (QED) is 0.856. The van der Waals surface area contributed by atoms with Crippen molar-refractivity contribution in [1.29, 1.82) is 0 Å². The molecule has 0 aliphatic carbocycles. The molecule has 2 aromatic rings. The zero-order valence-corrected chi connectivity index (χ0v) is 13.9. The minimum Gasteiger partial charge on any atom is -0.383 e. The van der Waals surface area contributed by atoms with Gasteiger partial charge in [0, 0.05) is 39.0 Å². The summed E-state index contributed by atoms with van der Waals surface area (Å²) < 4.78 is 6.95. The Morgan fingerprint density at radius 2 is 2.25 bits per heavy atom. The lowest BCUT2D eigenvalue weighted by molar-refractivity contribution is 0.144. The van der Waals surface area contributed by atoms with Gasteiger partial charge in [-0.2, -0.15) is 0 Å². The first kappa shape index (κ1) is 16.6. The highest BCUT2D eigenvalue weighted by atomic mass is 16.5. The highest BCUT2D eigenvalue weighted by Gasteiger charge is 2.17. The molecular formula is C17H23N5O2. The minimum absolute atomic E-state index is 0.0198. The van der Waals surface area contributed by atoms with E-state index in [1.807, 2.05) is 18.2 Å². The molecule has 2 aromatic heterocycles. The average Bonchev–Trinajstić information content (AvgIpc) is 2.81. The molecule has 0 spiro atoms. The van der Waals surface area contributed by atoms with E-state index in [9.17, 15) is 4.79 Å². The fourth-order valence-electron chi connectivity index (χ4n) is 2.85. The molecule has 0 saturated carbocycles. The van der Waals surface area contributed by atoms with Crippen molar-refractivity contribution in [1.82, 2.24) is 19.4 Å². The molecule has 0 fully saturated rings. The fourth-order valence-corrected chi connectivity index (χ4v) is 2.85. The molecule has 0 amide bonds. The number of hydrogen-bond acceptors (Lipinski definition) is 6. The molecule has 7 nitrogen and oxygen atoms in total. The Kier molecular flexibility index (Phi) is 5.55. The van der Waals surface area contributed by atoms with E-state index in [0.29, 0.717) is 19.7 Å². The van der Waals surface area contributed by atoms with Gasteiger partial charge in [0.05, 0.1) is 25.4 Å². The summed E-state index contributed by atoms with van der Waals surface area (Å²) in [5, 5.41) is 3.20. The van der Waals surface area contributed by atoms with Crippen molar-refractivity contribution in [3.63, 3.8) is 0 Å². The van der Waals surface area contributed by atoms with Gasteiger partial charge < -0.3 is 10.1 Å². The average molecular weight is 329 g/mol. The topological polar surface area (TPSA) is 72.3 Å². The largest absolute Gasteiger partial charge is 0.383 e. The second kappa shape index (κ2) is 8.03.